The molecule has 2 aromatic carbocycles. The number of rotatable bonds is 4. The fourth-order valence-corrected chi connectivity index (χ4v) is 2.54. The molecule has 1 unspecified atom stereocenters. The SMILES string of the molecule is CC(C)c1ccc(C(O)Cc2ccccc2Br)cc1. The summed E-state index contributed by atoms with van der Waals surface area (Å²) in [6.07, 6.45) is 0.169. The number of hydrogen-bond donors (Lipinski definition) is 1. The standard InChI is InChI=1S/C17H19BrO/c1-12(2)13-7-9-14(10-8-13)17(19)11-15-5-3-4-6-16(15)18/h3-10,12,17,19H,11H2,1-2H3. The van der Waals surface area contributed by atoms with Crippen molar-refractivity contribution in [1.82, 2.24) is 0 Å². The topological polar surface area (TPSA) is 20.2 Å². The zero-order valence-corrected chi connectivity index (χ0v) is 12.9. The highest BCUT2D eigenvalue weighted by atomic mass is 79.9. The summed E-state index contributed by atoms with van der Waals surface area (Å²) in [5, 5.41) is 10.3. The van der Waals surface area contributed by atoms with Crippen molar-refractivity contribution in [2.45, 2.75) is 32.3 Å². The first kappa shape index (κ1) is 14.3. The zero-order chi connectivity index (χ0) is 13.8. The molecule has 2 aromatic rings. The van der Waals surface area contributed by atoms with Crippen LogP contribution in [0, 0.1) is 0 Å². The van der Waals surface area contributed by atoms with E-state index >= 15 is 0 Å². The first-order valence-electron chi connectivity index (χ1n) is 6.59. The van der Waals surface area contributed by atoms with Crippen molar-refractivity contribution in [2.24, 2.45) is 0 Å². The molecule has 0 aromatic heterocycles. The van der Waals surface area contributed by atoms with E-state index in [0.29, 0.717) is 12.3 Å². The normalized spacial score (nSPS) is 12.7. The van der Waals surface area contributed by atoms with Crippen molar-refractivity contribution in [1.29, 1.82) is 0 Å². The van der Waals surface area contributed by atoms with Gasteiger partial charge in [-0.3, -0.25) is 0 Å². The average Bonchev–Trinajstić information content (AvgIpc) is 2.41. The lowest BCUT2D eigenvalue weighted by Gasteiger charge is -2.13. The third-order valence-corrected chi connectivity index (χ3v) is 4.13. The van der Waals surface area contributed by atoms with Gasteiger partial charge in [0.1, 0.15) is 0 Å². The summed E-state index contributed by atoms with van der Waals surface area (Å²) < 4.78 is 1.05. The molecule has 1 nitrogen and oxygen atoms in total. The van der Waals surface area contributed by atoms with Crippen LogP contribution in [0.1, 0.15) is 42.6 Å². The summed E-state index contributed by atoms with van der Waals surface area (Å²) in [4.78, 5) is 0. The van der Waals surface area contributed by atoms with E-state index in [2.05, 4.69) is 41.9 Å². The molecule has 0 aliphatic rings. The molecule has 19 heavy (non-hydrogen) atoms. The van der Waals surface area contributed by atoms with E-state index in [1.54, 1.807) is 0 Å². The first-order chi connectivity index (χ1) is 9.08. The van der Waals surface area contributed by atoms with E-state index in [1.165, 1.54) is 5.56 Å². The van der Waals surface area contributed by atoms with Gasteiger partial charge in [-0.15, -0.1) is 0 Å². The van der Waals surface area contributed by atoms with Crippen LogP contribution in [0.3, 0.4) is 0 Å². The Kier molecular flexibility index (Phi) is 4.78. The second kappa shape index (κ2) is 6.36. The maximum absolute atomic E-state index is 10.3. The zero-order valence-electron chi connectivity index (χ0n) is 11.3. The molecule has 2 rings (SSSR count). The third kappa shape index (κ3) is 3.68. The number of hydrogen-bond acceptors (Lipinski definition) is 1. The van der Waals surface area contributed by atoms with E-state index in [1.807, 2.05) is 36.4 Å². The molecule has 2 heteroatoms. The van der Waals surface area contributed by atoms with Gasteiger partial charge in [-0.25, -0.2) is 0 Å². The van der Waals surface area contributed by atoms with Crippen LogP contribution in [0.25, 0.3) is 0 Å². The van der Waals surface area contributed by atoms with Gasteiger partial charge in [-0.2, -0.15) is 0 Å². The molecule has 0 saturated heterocycles. The fraction of sp³-hybridized carbons (Fsp3) is 0.294. The maximum atomic E-state index is 10.3. The molecule has 0 spiro atoms. The van der Waals surface area contributed by atoms with Gasteiger partial charge in [0.25, 0.3) is 0 Å². The summed E-state index contributed by atoms with van der Waals surface area (Å²) in [5.41, 5.74) is 3.40. The lowest BCUT2D eigenvalue weighted by Crippen LogP contribution is -2.02. The van der Waals surface area contributed by atoms with Gasteiger partial charge in [-0.05, 0) is 28.7 Å². The largest absolute Gasteiger partial charge is 0.388 e. The van der Waals surface area contributed by atoms with Gasteiger partial charge in [0.15, 0.2) is 0 Å². The van der Waals surface area contributed by atoms with Crippen molar-refractivity contribution in [3.63, 3.8) is 0 Å². The van der Waals surface area contributed by atoms with Gasteiger partial charge in [0.05, 0.1) is 6.10 Å². The van der Waals surface area contributed by atoms with Crippen LogP contribution in [0.2, 0.25) is 0 Å². The van der Waals surface area contributed by atoms with Crippen molar-refractivity contribution in [3.05, 3.63) is 69.7 Å². The van der Waals surface area contributed by atoms with Gasteiger partial charge >= 0.3 is 0 Å². The van der Waals surface area contributed by atoms with Gasteiger partial charge in [0, 0.05) is 10.9 Å². The quantitative estimate of drug-likeness (QED) is 0.854. The Labute approximate surface area is 123 Å². The monoisotopic (exact) mass is 318 g/mol. The Bertz CT molecular complexity index is 531. The molecule has 0 fully saturated rings. The summed E-state index contributed by atoms with van der Waals surface area (Å²) in [6, 6.07) is 16.3. The minimum atomic E-state index is -0.458. The van der Waals surface area contributed by atoms with E-state index in [-0.39, 0.29) is 0 Å². The molecule has 100 valence electrons. The highest BCUT2D eigenvalue weighted by molar-refractivity contribution is 9.10. The molecule has 0 heterocycles. The smallest absolute Gasteiger partial charge is 0.0830 e. The van der Waals surface area contributed by atoms with Crippen LogP contribution in [-0.4, -0.2) is 5.11 Å². The molecule has 1 N–H and O–H groups in total. The predicted octanol–water partition coefficient (Wildman–Crippen LogP) is 4.85. The van der Waals surface area contributed by atoms with Crippen molar-refractivity contribution >= 4 is 15.9 Å². The minimum absolute atomic E-state index is 0.458. The Balaban J connectivity index is 2.12. The van der Waals surface area contributed by atoms with Crippen LogP contribution in [-0.2, 0) is 6.42 Å². The molecule has 0 saturated carbocycles. The second-order valence-corrected chi connectivity index (χ2v) is 5.99. The summed E-state index contributed by atoms with van der Waals surface area (Å²) in [5.74, 6) is 0.523. The van der Waals surface area contributed by atoms with Gasteiger partial charge < -0.3 is 5.11 Å². The Morgan fingerprint density at radius 1 is 0.947 bits per heavy atom. The van der Waals surface area contributed by atoms with E-state index in [0.717, 1.165) is 15.6 Å². The predicted molar refractivity (Wildman–Crippen MR) is 83.3 cm³/mol. The fourth-order valence-electron chi connectivity index (χ4n) is 2.09. The average molecular weight is 319 g/mol. The Hall–Kier alpha value is -1.12. The summed E-state index contributed by atoms with van der Waals surface area (Å²) in [6.45, 7) is 4.35. The minimum Gasteiger partial charge on any atom is -0.388 e. The highest BCUT2D eigenvalue weighted by Gasteiger charge is 2.10. The summed E-state index contributed by atoms with van der Waals surface area (Å²) in [7, 11) is 0. The van der Waals surface area contributed by atoms with E-state index in [4.69, 9.17) is 0 Å². The molecule has 0 aliphatic carbocycles. The lowest BCUT2D eigenvalue weighted by atomic mass is 9.97. The highest BCUT2D eigenvalue weighted by Crippen LogP contribution is 2.25. The van der Waals surface area contributed by atoms with Crippen LogP contribution in [0.4, 0.5) is 0 Å². The van der Waals surface area contributed by atoms with Crippen LogP contribution < -0.4 is 0 Å². The number of halogens is 1. The first-order valence-corrected chi connectivity index (χ1v) is 7.38. The molecular weight excluding hydrogens is 300 g/mol. The van der Waals surface area contributed by atoms with Gasteiger partial charge in [0.2, 0.25) is 0 Å². The molecule has 0 bridgehead atoms. The summed E-state index contributed by atoms with van der Waals surface area (Å²) >= 11 is 3.52. The van der Waals surface area contributed by atoms with Gasteiger partial charge in [-0.1, -0.05) is 72.2 Å². The molecular formula is C17H19BrO. The van der Waals surface area contributed by atoms with E-state index in [9.17, 15) is 5.11 Å². The maximum Gasteiger partial charge on any atom is 0.0830 e. The van der Waals surface area contributed by atoms with Crippen molar-refractivity contribution in [2.75, 3.05) is 0 Å². The van der Waals surface area contributed by atoms with Crippen LogP contribution >= 0.6 is 15.9 Å². The number of benzene rings is 2. The number of aliphatic hydroxyl groups is 1. The molecule has 0 amide bonds. The van der Waals surface area contributed by atoms with Crippen LogP contribution in [0.15, 0.2) is 53.0 Å². The molecule has 0 aliphatic heterocycles. The molecule has 1 atom stereocenters. The Morgan fingerprint density at radius 3 is 2.11 bits per heavy atom. The second-order valence-electron chi connectivity index (χ2n) is 5.13. The van der Waals surface area contributed by atoms with Crippen molar-refractivity contribution < 1.29 is 5.11 Å². The van der Waals surface area contributed by atoms with Crippen molar-refractivity contribution in [3.8, 4) is 0 Å². The lowest BCUT2D eigenvalue weighted by molar-refractivity contribution is 0.178. The van der Waals surface area contributed by atoms with E-state index < -0.39 is 6.10 Å². The number of aliphatic hydroxyl groups excluding tert-OH is 1. The van der Waals surface area contributed by atoms with Crippen LogP contribution in [0.5, 0.6) is 0 Å². The Morgan fingerprint density at radius 2 is 1.53 bits per heavy atom. The third-order valence-electron chi connectivity index (χ3n) is 3.36. The molecule has 0 radical (unpaired) electrons.